The van der Waals surface area contributed by atoms with Gasteiger partial charge in [-0.1, -0.05) is 0 Å². The second-order valence-electron chi connectivity index (χ2n) is 7.01. The third-order valence-corrected chi connectivity index (χ3v) is 5.07. The smallest absolute Gasteiger partial charge is 0.230 e. The molecule has 1 aliphatic heterocycles. The molecule has 3 heterocycles. The molecule has 134 valence electrons. The Labute approximate surface area is 148 Å². The van der Waals surface area contributed by atoms with E-state index in [1.807, 2.05) is 62.5 Å². The highest BCUT2D eigenvalue weighted by molar-refractivity contribution is 5.84. The van der Waals surface area contributed by atoms with Gasteiger partial charge in [-0.15, -0.1) is 5.10 Å². The molecule has 0 fully saturated rings. The molecule has 0 bridgehead atoms. The molecule has 2 aromatic heterocycles. The first-order valence-electron chi connectivity index (χ1n) is 8.61. The van der Waals surface area contributed by atoms with Gasteiger partial charge in [0.25, 0.3) is 0 Å². The van der Waals surface area contributed by atoms with E-state index in [0.29, 0.717) is 13.1 Å². The van der Waals surface area contributed by atoms with Gasteiger partial charge in [0.2, 0.25) is 5.91 Å². The minimum atomic E-state index is -0.196. The summed E-state index contributed by atoms with van der Waals surface area (Å²) in [7, 11) is 5.80. The Balaban J connectivity index is 1.83. The summed E-state index contributed by atoms with van der Waals surface area (Å²) in [6.07, 6.45) is 0.750. The van der Waals surface area contributed by atoms with Gasteiger partial charge in [0.15, 0.2) is 5.82 Å². The van der Waals surface area contributed by atoms with E-state index >= 15 is 0 Å². The predicted molar refractivity (Wildman–Crippen MR) is 96.6 cm³/mol. The Morgan fingerprint density at radius 3 is 2.60 bits per heavy atom. The van der Waals surface area contributed by atoms with Crippen LogP contribution in [0, 0.1) is 13.8 Å². The predicted octanol–water partition coefficient (Wildman–Crippen LogP) is 1.58. The van der Waals surface area contributed by atoms with Crippen LogP contribution in [-0.2, 0) is 24.8 Å². The Kier molecular flexibility index (Phi) is 4.49. The molecule has 25 heavy (non-hydrogen) atoms. The fraction of sp³-hybridized carbons (Fsp3) is 0.556. The number of hydrogen-bond acceptors (Lipinski definition) is 5. The summed E-state index contributed by atoms with van der Waals surface area (Å²) in [6.45, 7) is 7.24. The Bertz CT molecular complexity index is 810. The van der Waals surface area contributed by atoms with Gasteiger partial charge in [0.1, 0.15) is 0 Å². The second kappa shape index (κ2) is 6.46. The monoisotopic (exact) mass is 342 g/mol. The fourth-order valence-corrected chi connectivity index (χ4v) is 3.54. The highest BCUT2D eigenvalue weighted by Crippen LogP contribution is 2.27. The van der Waals surface area contributed by atoms with Crippen LogP contribution in [0.2, 0.25) is 0 Å². The molecule has 1 amide bonds. The van der Waals surface area contributed by atoms with E-state index in [1.165, 1.54) is 0 Å². The van der Waals surface area contributed by atoms with E-state index in [9.17, 15) is 4.79 Å². The zero-order chi connectivity index (χ0) is 18.3. The average Bonchev–Trinajstić information content (AvgIpc) is 2.84. The van der Waals surface area contributed by atoms with Gasteiger partial charge < -0.3 is 9.80 Å². The zero-order valence-electron chi connectivity index (χ0n) is 15.9. The summed E-state index contributed by atoms with van der Waals surface area (Å²) in [4.78, 5) is 16.9. The molecule has 1 atom stereocenters. The lowest BCUT2D eigenvalue weighted by Crippen LogP contribution is -2.39. The number of anilines is 1. The summed E-state index contributed by atoms with van der Waals surface area (Å²) in [5.74, 6) is 0.770. The summed E-state index contributed by atoms with van der Waals surface area (Å²) < 4.78 is 1.85. The Morgan fingerprint density at radius 2 is 2.00 bits per heavy atom. The number of carbonyl (C=O) groups is 1. The van der Waals surface area contributed by atoms with Gasteiger partial charge in [-0.3, -0.25) is 9.48 Å². The molecule has 0 saturated carbocycles. The number of hydrogen-bond donors (Lipinski definition) is 0. The molecule has 0 saturated heterocycles. The van der Waals surface area contributed by atoms with Gasteiger partial charge in [0.05, 0.1) is 17.3 Å². The van der Waals surface area contributed by atoms with Crippen LogP contribution in [0.25, 0.3) is 0 Å². The summed E-state index contributed by atoms with van der Waals surface area (Å²) in [5.41, 5.74) is 5.11. The third kappa shape index (κ3) is 3.10. The van der Waals surface area contributed by atoms with Crippen LogP contribution >= 0.6 is 0 Å². The van der Waals surface area contributed by atoms with Crippen molar-refractivity contribution in [1.82, 2.24) is 24.9 Å². The highest BCUT2D eigenvalue weighted by Gasteiger charge is 2.29. The first-order chi connectivity index (χ1) is 11.8. The maximum atomic E-state index is 13.1. The molecule has 0 aromatic carbocycles. The third-order valence-electron chi connectivity index (χ3n) is 5.07. The van der Waals surface area contributed by atoms with Crippen LogP contribution in [0.4, 0.5) is 5.82 Å². The topological polar surface area (TPSA) is 67.2 Å². The van der Waals surface area contributed by atoms with Crippen LogP contribution in [0.1, 0.15) is 41.1 Å². The molecular formula is C18H26N6O. The van der Waals surface area contributed by atoms with E-state index in [0.717, 1.165) is 40.4 Å². The van der Waals surface area contributed by atoms with Crippen molar-refractivity contribution < 1.29 is 4.79 Å². The van der Waals surface area contributed by atoms with E-state index in [4.69, 9.17) is 0 Å². The maximum Gasteiger partial charge on any atom is 0.230 e. The van der Waals surface area contributed by atoms with Crippen LogP contribution in [0.3, 0.4) is 0 Å². The number of fused-ring (bicyclic) bond motifs is 1. The van der Waals surface area contributed by atoms with Crippen molar-refractivity contribution in [3.63, 3.8) is 0 Å². The number of nitrogens with zero attached hydrogens (tertiary/aromatic N) is 6. The molecule has 7 nitrogen and oxygen atoms in total. The summed E-state index contributed by atoms with van der Waals surface area (Å²) in [5, 5.41) is 13.0. The minimum absolute atomic E-state index is 0.146. The minimum Gasteiger partial charge on any atom is -0.361 e. The quantitative estimate of drug-likeness (QED) is 0.847. The molecule has 1 unspecified atom stereocenters. The van der Waals surface area contributed by atoms with E-state index in [2.05, 4.69) is 15.3 Å². The van der Waals surface area contributed by atoms with E-state index in [1.54, 1.807) is 0 Å². The SMILES string of the molecule is Cc1nn(C)c(C)c1C(C)C(=O)N1CCc2nnc(N(C)C)cc2C1. The lowest BCUT2D eigenvalue weighted by atomic mass is 9.96. The molecule has 2 aromatic rings. The average molecular weight is 342 g/mol. The number of carbonyl (C=O) groups excluding carboxylic acids is 1. The Hall–Kier alpha value is -2.44. The molecule has 0 spiro atoms. The van der Waals surface area contributed by atoms with E-state index in [-0.39, 0.29) is 11.8 Å². The van der Waals surface area contributed by atoms with Crippen molar-refractivity contribution in [2.75, 3.05) is 25.5 Å². The first kappa shape index (κ1) is 17.4. The summed E-state index contributed by atoms with van der Waals surface area (Å²) in [6, 6.07) is 2.03. The second-order valence-corrected chi connectivity index (χ2v) is 7.01. The molecule has 3 rings (SSSR count). The van der Waals surface area contributed by atoms with E-state index < -0.39 is 0 Å². The molecule has 0 radical (unpaired) electrons. The normalized spacial score (nSPS) is 15.0. The van der Waals surface area contributed by atoms with Crippen molar-refractivity contribution in [1.29, 1.82) is 0 Å². The number of aromatic nitrogens is 4. The number of rotatable bonds is 3. The van der Waals surface area contributed by atoms with Crippen LogP contribution < -0.4 is 4.90 Å². The summed E-state index contributed by atoms with van der Waals surface area (Å²) >= 11 is 0. The van der Waals surface area contributed by atoms with Crippen molar-refractivity contribution >= 4 is 11.7 Å². The van der Waals surface area contributed by atoms with Gasteiger partial charge in [-0.05, 0) is 32.4 Å². The molecule has 0 aliphatic carbocycles. The molecular weight excluding hydrogens is 316 g/mol. The van der Waals surface area contributed by atoms with Gasteiger partial charge >= 0.3 is 0 Å². The number of aryl methyl sites for hydroxylation is 2. The van der Waals surface area contributed by atoms with Crippen molar-refractivity contribution in [2.45, 2.75) is 39.7 Å². The molecule has 0 N–H and O–H groups in total. The largest absolute Gasteiger partial charge is 0.361 e. The van der Waals surface area contributed by atoms with Crippen molar-refractivity contribution in [3.8, 4) is 0 Å². The zero-order valence-corrected chi connectivity index (χ0v) is 15.9. The highest BCUT2D eigenvalue weighted by atomic mass is 16.2. The maximum absolute atomic E-state index is 13.1. The van der Waals surface area contributed by atoms with Gasteiger partial charge in [-0.25, -0.2) is 0 Å². The molecule has 1 aliphatic rings. The fourth-order valence-electron chi connectivity index (χ4n) is 3.54. The van der Waals surface area contributed by atoms with Crippen molar-refractivity contribution in [3.05, 3.63) is 34.3 Å². The lowest BCUT2D eigenvalue weighted by Gasteiger charge is -2.30. The Morgan fingerprint density at radius 1 is 1.28 bits per heavy atom. The van der Waals surface area contributed by atoms with Crippen LogP contribution in [0.15, 0.2) is 6.07 Å². The van der Waals surface area contributed by atoms with Crippen molar-refractivity contribution in [2.24, 2.45) is 7.05 Å². The van der Waals surface area contributed by atoms with Crippen LogP contribution in [0.5, 0.6) is 0 Å². The number of amides is 1. The standard InChI is InChI=1S/C18H26N6O/c1-11(17-12(2)21-23(6)13(17)3)18(25)24-8-7-15-14(10-24)9-16(20-19-15)22(4)5/h9,11H,7-8,10H2,1-6H3. The van der Waals surface area contributed by atoms with Crippen LogP contribution in [-0.4, -0.2) is 51.4 Å². The first-order valence-corrected chi connectivity index (χ1v) is 8.61. The van der Waals surface area contributed by atoms with Gasteiger partial charge in [0, 0.05) is 51.9 Å². The molecule has 7 heteroatoms. The van der Waals surface area contributed by atoms with Gasteiger partial charge in [-0.2, -0.15) is 10.2 Å². The lowest BCUT2D eigenvalue weighted by molar-refractivity contribution is -0.133.